The van der Waals surface area contributed by atoms with Gasteiger partial charge in [-0.3, -0.25) is 4.79 Å². The third-order valence-electron chi connectivity index (χ3n) is 5.03. The largest absolute Gasteiger partial charge is 0.416 e. The molecular formula is C22H22N2O2S. The minimum atomic E-state index is -0.159. The smallest absolute Gasteiger partial charge is 0.277 e. The van der Waals surface area contributed by atoms with Crippen molar-refractivity contribution in [2.45, 2.75) is 49.0 Å². The van der Waals surface area contributed by atoms with Crippen LogP contribution in [0.3, 0.4) is 0 Å². The van der Waals surface area contributed by atoms with Crippen LogP contribution in [-0.2, 0) is 12.8 Å². The van der Waals surface area contributed by atoms with Crippen LogP contribution in [0, 0.1) is 0 Å². The molecule has 27 heavy (non-hydrogen) atoms. The molecule has 0 fully saturated rings. The van der Waals surface area contributed by atoms with Crippen LogP contribution in [0.15, 0.2) is 64.2 Å². The molecule has 2 unspecified atom stereocenters. The fourth-order valence-corrected chi connectivity index (χ4v) is 4.52. The molecule has 0 N–H and O–H groups in total. The predicted octanol–water partition coefficient (Wildman–Crippen LogP) is 5.10. The first-order valence-corrected chi connectivity index (χ1v) is 10.2. The summed E-state index contributed by atoms with van der Waals surface area (Å²) in [6.45, 7) is 2.15. The molecule has 0 amide bonds. The molecule has 0 aliphatic heterocycles. The lowest BCUT2D eigenvalue weighted by Gasteiger charge is -2.10. The van der Waals surface area contributed by atoms with Gasteiger partial charge < -0.3 is 4.42 Å². The summed E-state index contributed by atoms with van der Waals surface area (Å²) >= 11 is 1.40. The molecule has 4 rings (SSSR count). The summed E-state index contributed by atoms with van der Waals surface area (Å²) in [6, 6.07) is 18.2. The van der Waals surface area contributed by atoms with E-state index >= 15 is 0 Å². The van der Waals surface area contributed by atoms with Gasteiger partial charge in [0, 0.05) is 12.0 Å². The van der Waals surface area contributed by atoms with Crippen molar-refractivity contribution in [3.05, 3.63) is 77.2 Å². The van der Waals surface area contributed by atoms with Crippen LogP contribution in [0.25, 0.3) is 0 Å². The molecule has 0 spiro atoms. The molecular weight excluding hydrogens is 356 g/mol. The molecule has 1 aliphatic carbocycles. The van der Waals surface area contributed by atoms with E-state index in [2.05, 4.69) is 35.3 Å². The Bertz CT molecular complexity index is 923. The monoisotopic (exact) mass is 378 g/mol. The summed E-state index contributed by atoms with van der Waals surface area (Å²) in [4.78, 5) is 12.9. The second-order valence-electron chi connectivity index (χ2n) is 7.00. The first kappa shape index (κ1) is 18.0. The number of aryl methyl sites for hydroxylation is 1. The van der Waals surface area contributed by atoms with Gasteiger partial charge in [-0.2, -0.15) is 0 Å². The molecule has 0 saturated carbocycles. The Morgan fingerprint density at radius 3 is 2.74 bits per heavy atom. The van der Waals surface area contributed by atoms with Crippen LogP contribution in [-0.4, -0.2) is 21.2 Å². The van der Waals surface area contributed by atoms with Gasteiger partial charge in [-0.25, -0.2) is 0 Å². The Labute approximate surface area is 163 Å². The van der Waals surface area contributed by atoms with Crippen molar-refractivity contribution in [2.24, 2.45) is 0 Å². The summed E-state index contributed by atoms with van der Waals surface area (Å²) < 4.78 is 5.84. The second kappa shape index (κ2) is 8.09. The molecule has 2 atom stereocenters. The van der Waals surface area contributed by atoms with Crippen LogP contribution >= 0.6 is 11.8 Å². The van der Waals surface area contributed by atoms with Crippen molar-refractivity contribution in [1.82, 2.24) is 10.2 Å². The summed E-state index contributed by atoms with van der Waals surface area (Å²) in [6.07, 6.45) is 3.46. The third kappa shape index (κ3) is 4.14. The number of fused-ring (bicyclic) bond motifs is 1. The molecule has 3 aromatic rings. The Kier molecular flexibility index (Phi) is 5.39. The van der Waals surface area contributed by atoms with Crippen molar-refractivity contribution >= 4 is 17.5 Å². The summed E-state index contributed by atoms with van der Waals surface area (Å²) in [7, 11) is 0. The van der Waals surface area contributed by atoms with Gasteiger partial charge in [-0.05, 0) is 36.3 Å². The molecule has 2 aromatic carbocycles. The number of nitrogens with zero attached hydrogens (tertiary/aromatic N) is 2. The molecule has 4 nitrogen and oxygen atoms in total. The Morgan fingerprint density at radius 1 is 1.11 bits per heavy atom. The van der Waals surface area contributed by atoms with Crippen LogP contribution in [0.1, 0.15) is 53.1 Å². The number of carbonyl (C=O) groups excluding carboxylic acids is 1. The van der Waals surface area contributed by atoms with Crippen molar-refractivity contribution < 1.29 is 9.21 Å². The summed E-state index contributed by atoms with van der Waals surface area (Å²) in [5.41, 5.74) is 3.24. The topological polar surface area (TPSA) is 56.0 Å². The van der Waals surface area contributed by atoms with E-state index in [9.17, 15) is 4.79 Å². The van der Waals surface area contributed by atoms with Gasteiger partial charge in [-0.1, -0.05) is 73.3 Å². The number of ketones is 1. The molecule has 5 heteroatoms. The normalized spacial score (nSPS) is 18.0. The van der Waals surface area contributed by atoms with Gasteiger partial charge >= 0.3 is 0 Å². The maximum Gasteiger partial charge on any atom is 0.277 e. The fraction of sp³-hybridized carbons (Fsp3) is 0.318. The van der Waals surface area contributed by atoms with Gasteiger partial charge in [0.15, 0.2) is 5.78 Å². The number of Topliss-reactive ketones (excluding diaryl/α,β-unsaturated/α-hetero) is 1. The van der Waals surface area contributed by atoms with E-state index in [0.29, 0.717) is 23.5 Å². The zero-order chi connectivity index (χ0) is 18.6. The van der Waals surface area contributed by atoms with E-state index < -0.39 is 0 Å². The Hall–Kier alpha value is -2.40. The number of rotatable bonds is 5. The van der Waals surface area contributed by atoms with Crippen LogP contribution < -0.4 is 0 Å². The maximum atomic E-state index is 12.9. The van der Waals surface area contributed by atoms with Gasteiger partial charge in [0.05, 0.1) is 5.25 Å². The van der Waals surface area contributed by atoms with E-state index in [1.165, 1.54) is 17.3 Å². The summed E-state index contributed by atoms with van der Waals surface area (Å²) in [5, 5.41) is 8.69. The summed E-state index contributed by atoms with van der Waals surface area (Å²) in [5.74, 6) is 1.09. The molecule has 138 valence electrons. The molecule has 0 bridgehead atoms. The number of hydrogen-bond acceptors (Lipinski definition) is 5. The molecule has 1 heterocycles. The molecule has 0 radical (unpaired) electrons. The quantitative estimate of drug-likeness (QED) is 0.579. The van der Waals surface area contributed by atoms with Crippen LogP contribution in [0.4, 0.5) is 0 Å². The van der Waals surface area contributed by atoms with E-state index in [1.54, 1.807) is 0 Å². The zero-order valence-electron chi connectivity index (χ0n) is 15.3. The van der Waals surface area contributed by atoms with E-state index in [4.69, 9.17) is 4.42 Å². The van der Waals surface area contributed by atoms with E-state index in [1.807, 2.05) is 36.4 Å². The van der Waals surface area contributed by atoms with Gasteiger partial charge in [-0.15, -0.1) is 10.2 Å². The highest BCUT2D eigenvalue weighted by atomic mass is 32.2. The van der Waals surface area contributed by atoms with Crippen LogP contribution in [0.2, 0.25) is 0 Å². The first-order valence-electron chi connectivity index (χ1n) is 9.37. The van der Waals surface area contributed by atoms with Crippen LogP contribution in [0.5, 0.6) is 0 Å². The fourth-order valence-electron chi connectivity index (χ4n) is 3.52. The van der Waals surface area contributed by atoms with E-state index in [0.717, 1.165) is 30.4 Å². The lowest BCUT2D eigenvalue weighted by molar-refractivity contribution is 0.0988. The number of aromatic nitrogens is 2. The lowest BCUT2D eigenvalue weighted by Crippen LogP contribution is -2.16. The lowest BCUT2D eigenvalue weighted by atomic mass is 9.98. The van der Waals surface area contributed by atoms with Crippen molar-refractivity contribution in [2.75, 3.05) is 0 Å². The minimum Gasteiger partial charge on any atom is -0.416 e. The van der Waals surface area contributed by atoms with Crippen molar-refractivity contribution in [3.8, 4) is 0 Å². The van der Waals surface area contributed by atoms with Gasteiger partial charge in [0.1, 0.15) is 0 Å². The average Bonchev–Trinajstić information content (AvgIpc) is 3.07. The highest BCUT2D eigenvalue weighted by Gasteiger charge is 2.28. The van der Waals surface area contributed by atoms with Crippen molar-refractivity contribution in [3.63, 3.8) is 0 Å². The van der Waals surface area contributed by atoms with Gasteiger partial charge in [0.25, 0.3) is 5.22 Å². The van der Waals surface area contributed by atoms with Crippen molar-refractivity contribution in [1.29, 1.82) is 0 Å². The van der Waals surface area contributed by atoms with Gasteiger partial charge in [0.2, 0.25) is 5.89 Å². The number of thioether (sulfide) groups is 1. The van der Waals surface area contributed by atoms with E-state index in [-0.39, 0.29) is 11.0 Å². The predicted molar refractivity (Wildman–Crippen MR) is 106 cm³/mol. The standard InChI is InChI=1S/C22H22N2O2S/c1-15(16-8-3-2-4-9-16)14-20-23-24-22(26-20)27-19-13-7-11-17-10-5-6-12-18(17)21(19)25/h2-6,8-10,12,15,19H,7,11,13-14H2,1H3. The number of benzene rings is 2. The third-order valence-corrected chi connectivity index (χ3v) is 6.13. The molecule has 1 aromatic heterocycles. The second-order valence-corrected chi connectivity index (χ2v) is 8.15. The average molecular weight is 378 g/mol. The Balaban J connectivity index is 1.44. The SMILES string of the molecule is CC(Cc1nnc(SC2CCCc3ccccc3C2=O)o1)c1ccccc1. The highest BCUT2D eigenvalue weighted by molar-refractivity contribution is 8.00. The first-order chi connectivity index (χ1) is 13.2. The number of hydrogen-bond donors (Lipinski definition) is 0. The molecule has 1 aliphatic rings. The number of carbonyl (C=O) groups is 1. The molecule has 0 saturated heterocycles. The zero-order valence-corrected chi connectivity index (χ0v) is 16.1. The highest BCUT2D eigenvalue weighted by Crippen LogP contribution is 2.32. The minimum absolute atomic E-state index is 0.159. The Morgan fingerprint density at radius 2 is 1.89 bits per heavy atom. The maximum absolute atomic E-state index is 12.9.